The van der Waals surface area contributed by atoms with Crippen molar-refractivity contribution in [3.05, 3.63) is 40.8 Å². The van der Waals surface area contributed by atoms with Gasteiger partial charge in [-0.25, -0.2) is 9.37 Å². The fourth-order valence-electron chi connectivity index (χ4n) is 3.61. The molecule has 0 spiro atoms. The number of likely N-dealkylation sites (tertiary alicyclic amines) is 1. The van der Waals surface area contributed by atoms with E-state index in [1.165, 1.54) is 29.9 Å². The zero-order valence-corrected chi connectivity index (χ0v) is 13.6. The highest BCUT2D eigenvalue weighted by Gasteiger charge is 2.53. The molecule has 1 saturated carbocycles. The van der Waals surface area contributed by atoms with Crippen LogP contribution >= 0.6 is 11.3 Å². The highest BCUT2D eigenvalue weighted by atomic mass is 32.1. The second-order valence-electron chi connectivity index (χ2n) is 6.34. The minimum Gasteiger partial charge on any atom is -0.332 e. The van der Waals surface area contributed by atoms with Gasteiger partial charge >= 0.3 is 0 Å². The molecule has 1 aromatic carbocycles. The summed E-state index contributed by atoms with van der Waals surface area (Å²) in [6, 6.07) is 6.34. The number of aromatic nitrogens is 1. The summed E-state index contributed by atoms with van der Waals surface area (Å²) in [5, 5.41) is 0.835. The van der Waals surface area contributed by atoms with Crippen LogP contribution in [0.25, 0.3) is 10.4 Å². The van der Waals surface area contributed by atoms with Gasteiger partial charge in [0.05, 0.1) is 9.88 Å². The molecule has 4 nitrogen and oxygen atoms in total. The molecule has 1 aromatic heterocycles. The highest BCUT2D eigenvalue weighted by molar-refractivity contribution is 7.15. The first-order valence-corrected chi connectivity index (χ1v) is 8.64. The average molecular weight is 331 g/mol. The lowest BCUT2D eigenvalue weighted by atomic mass is 10.1. The molecule has 2 fully saturated rings. The molecule has 0 bridgehead atoms. The Morgan fingerprint density at radius 3 is 2.87 bits per heavy atom. The van der Waals surface area contributed by atoms with Gasteiger partial charge in [-0.05, 0) is 42.9 Å². The summed E-state index contributed by atoms with van der Waals surface area (Å²) in [4.78, 5) is 20.2. The number of amides is 1. The average Bonchev–Trinajstić information content (AvgIpc) is 3.04. The number of benzene rings is 1. The summed E-state index contributed by atoms with van der Waals surface area (Å²) < 4.78 is 13.2. The molecule has 2 aliphatic rings. The van der Waals surface area contributed by atoms with E-state index < -0.39 is 0 Å². The number of hydrogen-bond donors (Lipinski definition) is 1. The Bertz CT molecular complexity index is 758. The Kier molecular flexibility index (Phi) is 3.46. The number of fused-ring (bicyclic) bond motifs is 1. The van der Waals surface area contributed by atoms with Crippen LogP contribution < -0.4 is 5.73 Å². The smallest absolute Gasteiger partial charge is 0.274 e. The van der Waals surface area contributed by atoms with Crippen LogP contribution in [0.1, 0.15) is 21.9 Å². The second-order valence-corrected chi connectivity index (χ2v) is 7.54. The normalized spacial score (nSPS) is 25.5. The molecular formula is C17H18FN3OS. The monoisotopic (exact) mass is 331 g/mol. The molecule has 1 aliphatic carbocycles. The van der Waals surface area contributed by atoms with Crippen LogP contribution in [0.5, 0.6) is 0 Å². The minimum atomic E-state index is -0.286. The number of rotatable bonds is 3. The van der Waals surface area contributed by atoms with Crippen molar-refractivity contribution < 1.29 is 9.18 Å². The molecule has 2 N–H and O–H groups in total. The maximum atomic E-state index is 13.2. The molecule has 120 valence electrons. The summed E-state index contributed by atoms with van der Waals surface area (Å²) >= 11 is 1.47. The van der Waals surface area contributed by atoms with E-state index in [4.69, 9.17) is 5.73 Å². The standard InChI is InChI=1S/C17H18FN3OS/c1-9-20-15(16(23-9)10-2-4-12(18)5-3-10)17(22)21-8-11-6-13(11)14(21)7-19/h2-5,11,13-14H,6-8,19H2,1H3/t11-,13-,14+/m0/s1. The number of carbonyl (C=O) groups excluding carboxylic acids is 1. The van der Waals surface area contributed by atoms with Crippen molar-refractivity contribution in [2.75, 3.05) is 13.1 Å². The summed E-state index contributed by atoms with van der Waals surface area (Å²) in [6.07, 6.45) is 1.19. The Hall–Kier alpha value is -1.79. The number of piperidine rings is 1. The highest BCUT2D eigenvalue weighted by Crippen LogP contribution is 2.49. The zero-order valence-electron chi connectivity index (χ0n) is 12.8. The maximum Gasteiger partial charge on any atom is 0.274 e. The van der Waals surface area contributed by atoms with Gasteiger partial charge < -0.3 is 10.6 Å². The first-order valence-electron chi connectivity index (χ1n) is 7.83. The predicted octanol–water partition coefficient (Wildman–Crippen LogP) is 2.68. The van der Waals surface area contributed by atoms with Crippen LogP contribution in [0.4, 0.5) is 4.39 Å². The van der Waals surface area contributed by atoms with Gasteiger partial charge in [0, 0.05) is 19.1 Å². The quantitative estimate of drug-likeness (QED) is 0.941. The Balaban J connectivity index is 1.69. The number of thiazole rings is 1. The van der Waals surface area contributed by atoms with Gasteiger partial charge in [-0.2, -0.15) is 0 Å². The Morgan fingerprint density at radius 2 is 2.17 bits per heavy atom. The molecule has 0 unspecified atom stereocenters. The number of nitrogens with zero attached hydrogens (tertiary/aromatic N) is 2. The molecule has 0 radical (unpaired) electrons. The first-order chi connectivity index (χ1) is 11.1. The van der Waals surface area contributed by atoms with Crippen LogP contribution in [-0.2, 0) is 0 Å². The zero-order chi connectivity index (χ0) is 16.1. The summed E-state index contributed by atoms with van der Waals surface area (Å²) in [6.45, 7) is 3.17. The van der Waals surface area contributed by atoms with Crippen LogP contribution in [0.3, 0.4) is 0 Å². The third-order valence-electron chi connectivity index (χ3n) is 4.85. The van der Waals surface area contributed by atoms with E-state index >= 15 is 0 Å². The van der Waals surface area contributed by atoms with Gasteiger partial charge in [-0.1, -0.05) is 12.1 Å². The van der Waals surface area contributed by atoms with Crippen molar-refractivity contribution in [3.63, 3.8) is 0 Å². The number of halogens is 1. The van der Waals surface area contributed by atoms with Crippen molar-refractivity contribution in [1.82, 2.24) is 9.88 Å². The van der Waals surface area contributed by atoms with E-state index in [9.17, 15) is 9.18 Å². The van der Waals surface area contributed by atoms with Gasteiger partial charge in [0.2, 0.25) is 0 Å². The molecule has 3 atom stereocenters. The van der Waals surface area contributed by atoms with Crippen molar-refractivity contribution in [3.8, 4) is 10.4 Å². The van der Waals surface area contributed by atoms with Crippen LogP contribution in [0.2, 0.25) is 0 Å². The lowest BCUT2D eigenvalue weighted by Gasteiger charge is -2.26. The molecule has 2 aromatic rings. The third-order valence-corrected chi connectivity index (χ3v) is 5.87. The molecule has 1 amide bonds. The molecule has 2 heterocycles. The minimum absolute atomic E-state index is 0.0451. The van der Waals surface area contributed by atoms with Crippen LogP contribution in [0, 0.1) is 24.6 Å². The van der Waals surface area contributed by atoms with E-state index in [1.54, 1.807) is 12.1 Å². The van der Waals surface area contributed by atoms with Gasteiger partial charge in [-0.3, -0.25) is 4.79 Å². The van der Waals surface area contributed by atoms with E-state index in [0.717, 1.165) is 22.0 Å². The number of hydrogen-bond acceptors (Lipinski definition) is 4. The molecule has 4 rings (SSSR count). The summed E-state index contributed by atoms with van der Waals surface area (Å²) in [7, 11) is 0. The topological polar surface area (TPSA) is 59.2 Å². The molecule has 6 heteroatoms. The maximum absolute atomic E-state index is 13.2. The molecule has 1 saturated heterocycles. The van der Waals surface area contributed by atoms with Gasteiger partial charge in [0.25, 0.3) is 5.91 Å². The fraction of sp³-hybridized carbons (Fsp3) is 0.412. The lowest BCUT2D eigenvalue weighted by molar-refractivity contribution is 0.0708. The summed E-state index contributed by atoms with van der Waals surface area (Å²) in [5.74, 6) is 0.849. The van der Waals surface area contributed by atoms with Gasteiger partial charge in [0.15, 0.2) is 0 Å². The number of nitrogens with two attached hydrogens (primary N) is 1. The second kappa shape index (κ2) is 5.39. The third kappa shape index (κ3) is 2.46. The van der Waals surface area contributed by atoms with Crippen LogP contribution in [0.15, 0.2) is 24.3 Å². The van der Waals surface area contributed by atoms with Gasteiger partial charge in [-0.15, -0.1) is 11.3 Å². The van der Waals surface area contributed by atoms with E-state index in [2.05, 4.69) is 4.98 Å². The van der Waals surface area contributed by atoms with Gasteiger partial charge in [0.1, 0.15) is 11.5 Å². The molecule has 1 aliphatic heterocycles. The predicted molar refractivity (Wildman–Crippen MR) is 87.7 cm³/mol. The van der Waals surface area contributed by atoms with Crippen molar-refractivity contribution in [1.29, 1.82) is 0 Å². The van der Waals surface area contributed by atoms with Crippen molar-refractivity contribution in [2.45, 2.75) is 19.4 Å². The Morgan fingerprint density at radius 1 is 1.43 bits per heavy atom. The fourth-order valence-corrected chi connectivity index (χ4v) is 4.53. The van der Waals surface area contributed by atoms with E-state index in [1.807, 2.05) is 11.8 Å². The summed E-state index contributed by atoms with van der Waals surface area (Å²) in [5.41, 5.74) is 7.17. The van der Waals surface area contributed by atoms with Crippen LogP contribution in [-0.4, -0.2) is 34.9 Å². The number of aryl methyl sites for hydroxylation is 1. The largest absolute Gasteiger partial charge is 0.332 e. The van der Waals surface area contributed by atoms with E-state index in [-0.39, 0.29) is 17.8 Å². The van der Waals surface area contributed by atoms with Crippen molar-refractivity contribution in [2.24, 2.45) is 17.6 Å². The Labute approximate surface area is 138 Å². The number of carbonyl (C=O) groups is 1. The van der Waals surface area contributed by atoms with Crippen molar-refractivity contribution >= 4 is 17.2 Å². The van der Waals surface area contributed by atoms with E-state index in [0.29, 0.717) is 24.1 Å². The first kappa shape index (κ1) is 14.8. The lowest BCUT2D eigenvalue weighted by Crippen LogP contribution is -2.43. The molecule has 23 heavy (non-hydrogen) atoms. The SMILES string of the molecule is Cc1nc(C(=O)N2C[C@@H]3C[C@@H]3[C@H]2CN)c(-c2ccc(F)cc2)s1. The molecular weight excluding hydrogens is 313 g/mol.